The van der Waals surface area contributed by atoms with Gasteiger partial charge in [0.1, 0.15) is 0 Å². The number of hydrogen-bond donors (Lipinski definition) is 0. The molecule has 0 spiro atoms. The molecular formula is C22H25F6INO5S2-. The van der Waals surface area contributed by atoms with Crippen LogP contribution in [0.15, 0.2) is 48.5 Å². The molecule has 0 atom stereocenters. The molecule has 6 nitrogen and oxygen atoms in total. The summed E-state index contributed by atoms with van der Waals surface area (Å²) in [6.07, 6.45) is 6.38. The van der Waals surface area contributed by atoms with Crippen molar-refractivity contribution in [2.24, 2.45) is 0 Å². The van der Waals surface area contributed by atoms with Crippen LogP contribution in [0.2, 0.25) is 0 Å². The minimum atomic E-state index is -6.81. The summed E-state index contributed by atoms with van der Waals surface area (Å²) in [6, 6.07) is 11.7. The van der Waals surface area contributed by atoms with Gasteiger partial charge in [-0.15, -0.1) is 0 Å². The van der Waals surface area contributed by atoms with Gasteiger partial charge in [0.15, 0.2) is 0 Å². The second-order valence-electron chi connectivity index (χ2n) is 7.76. The van der Waals surface area contributed by atoms with E-state index in [-0.39, 0.29) is 3.57 Å². The molecule has 0 saturated carbocycles. The normalized spacial score (nSPS) is 13.3. The average Bonchev–Trinajstić information content (AvgIpc) is 2.81. The maximum atomic E-state index is 13.0. The first-order valence-electron chi connectivity index (χ1n) is 11.0. The number of nitrogens with zero attached hydrogens (tertiary/aromatic N) is 1. The summed E-state index contributed by atoms with van der Waals surface area (Å²) in [4.78, 5) is 0. The molecule has 15 heteroatoms. The van der Waals surface area contributed by atoms with Gasteiger partial charge in [0.25, 0.3) is 0 Å². The molecule has 0 N–H and O–H groups in total. The zero-order valence-corrected chi connectivity index (χ0v) is 23.3. The Labute approximate surface area is 222 Å². The molecule has 0 saturated heterocycles. The number of para-hydroxylation sites is 1. The number of sulfonamides is 2. The summed E-state index contributed by atoms with van der Waals surface area (Å²) in [6.45, 7) is 2.57. The molecule has 2 rings (SSSR count). The van der Waals surface area contributed by atoms with Crippen LogP contribution < -0.4 is 26.2 Å². The number of hydrogen-bond acceptors (Lipinski definition) is 5. The monoisotopic (exact) mass is 688 g/mol. The summed E-state index contributed by atoms with van der Waals surface area (Å²) >= 11 is -2.97. The van der Waals surface area contributed by atoms with Gasteiger partial charge in [-0.25, -0.2) is 0 Å². The molecule has 0 aliphatic rings. The van der Waals surface area contributed by atoms with E-state index in [1.807, 2.05) is 0 Å². The molecule has 0 amide bonds. The Hall–Kier alpha value is -1.59. The fraction of sp³-hybridized carbons (Fsp3) is 0.455. The van der Waals surface area contributed by atoms with Crippen LogP contribution in [0.4, 0.5) is 26.3 Å². The van der Waals surface area contributed by atoms with Crippen LogP contribution in [0, 0.1) is 3.57 Å². The van der Waals surface area contributed by atoms with Crippen LogP contribution in [0.1, 0.15) is 45.4 Å². The zero-order chi connectivity index (χ0) is 27.9. The summed E-state index contributed by atoms with van der Waals surface area (Å²) in [7, 11) is -13.6. The van der Waals surface area contributed by atoms with Gasteiger partial charge in [0, 0.05) is 0 Å². The number of benzene rings is 2. The minimum absolute atomic E-state index is 0.298. The van der Waals surface area contributed by atoms with E-state index in [0.29, 0.717) is 23.5 Å². The summed E-state index contributed by atoms with van der Waals surface area (Å²) in [5.41, 5.74) is -11.4. The van der Waals surface area contributed by atoms with Crippen molar-refractivity contribution in [1.82, 2.24) is 1.92 Å². The first-order valence-corrected chi connectivity index (χ1v) is 16.0. The van der Waals surface area contributed by atoms with Crippen LogP contribution >= 0.6 is 0 Å². The molecule has 0 aromatic heterocycles. The van der Waals surface area contributed by atoms with Crippen LogP contribution in [0.3, 0.4) is 0 Å². The van der Waals surface area contributed by atoms with Crippen LogP contribution in [-0.4, -0.2) is 36.4 Å². The van der Waals surface area contributed by atoms with Gasteiger partial charge >= 0.3 is 204 Å². The Morgan fingerprint density at radius 3 is 1.81 bits per heavy atom. The van der Waals surface area contributed by atoms with Crippen molar-refractivity contribution in [1.29, 1.82) is 0 Å². The molecule has 210 valence electrons. The molecule has 0 aliphatic carbocycles. The third kappa shape index (κ3) is 8.20. The molecule has 37 heavy (non-hydrogen) atoms. The Bertz CT molecular complexity index is 1190. The first kappa shape index (κ1) is 31.6. The third-order valence-electron chi connectivity index (χ3n) is 4.93. The molecular weight excluding hydrogens is 663 g/mol. The van der Waals surface area contributed by atoms with Crippen molar-refractivity contribution >= 4 is 20.0 Å². The van der Waals surface area contributed by atoms with E-state index < -0.39 is 54.5 Å². The molecule has 0 aliphatic heterocycles. The fourth-order valence-corrected chi connectivity index (χ4v) is 10.2. The van der Waals surface area contributed by atoms with E-state index in [4.69, 9.17) is 4.74 Å². The number of ether oxygens (including phenoxy) is 1. The average molecular weight is 688 g/mol. The molecule has 0 bridgehead atoms. The summed E-state index contributed by atoms with van der Waals surface area (Å²) in [5, 5.41) is 0. The van der Waals surface area contributed by atoms with Gasteiger partial charge in [0.05, 0.1) is 0 Å². The number of halogens is 7. The van der Waals surface area contributed by atoms with Crippen molar-refractivity contribution < 1.29 is 69.4 Å². The predicted molar refractivity (Wildman–Crippen MR) is 121 cm³/mol. The zero-order valence-electron chi connectivity index (χ0n) is 19.5. The van der Waals surface area contributed by atoms with Crippen molar-refractivity contribution in [3.8, 4) is 16.9 Å². The van der Waals surface area contributed by atoms with E-state index in [0.717, 1.165) is 44.2 Å². The van der Waals surface area contributed by atoms with Crippen LogP contribution in [0.25, 0.3) is 11.1 Å². The Morgan fingerprint density at radius 1 is 0.757 bits per heavy atom. The molecule has 0 fully saturated rings. The Morgan fingerprint density at radius 2 is 1.27 bits per heavy atom. The van der Waals surface area contributed by atoms with Gasteiger partial charge in [-0.05, 0) is 0 Å². The SMILES string of the molecule is CCCCCCCCOc1ccccc1-c1ccc([I-]N(S(=O)(=O)C(F)(F)F)S(=O)(=O)C(F)(F)F)cc1. The number of unbranched alkanes of at least 4 members (excludes halogenated alkanes) is 5. The fourth-order valence-electron chi connectivity index (χ4n) is 3.04. The molecule has 0 radical (unpaired) electrons. The summed E-state index contributed by atoms with van der Waals surface area (Å²) < 4.78 is 129. The van der Waals surface area contributed by atoms with E-state index >= 15 is 0 Å². The first-order chi connectivity index (χ1) is 17.1. The second-order valence-corrected chi connectivity index (χ2v) is 15.5. The predicted octanol–water partition coefficient (Wildman–Crippen LogP) is 3.27. The molecule has 0 unspecified atom stereocenters. The summed E-state index contributed by atoms with van der Waals surface area (Å²) in [5.74, 6) is 0.513. The Kier molecular flexibility index (Phi) is 11.1. The van der Waals surface area contributed by atoms with E-state index in [1.165, 1.54) is 18.6 Å². The molecule has 2 aromatic rings. The van der Waals surface area contributed by atoms with E-state index in [1.54, 1.807) is 24.3 Å². The van der Waals surface area contributed by atoms with Crippen LogP contribution in [0.5, 0.6) is 5.75 Å². The second kappa shape index (κ2) is 13.0. The van der Waals surface area contributed by atoms with Crippen molar-refractivity contribution in [3.05, 3.63) is 52.1 Å². The Balaban J connectivity index is 2.24. The quantitative estimate of drug-likeness (QED) is 0.140. The topological polar surface area (TPSA) is 80.8 Å². The standard InChI is InChI=1S/C22H25F6INO5S2/c1-2-3-4-5-6-9-16-35-20-11-8-7-10-19(20)17-12-14-18(15-13-17)29-30(36(31,32)21(23,24)25)37(33,34)22(26,27)28/h7-8,10-15H,2-6,9,16H2,1H3/q-1. The van der Waals surface area contributed by atoms with Crippen molar-refractivity contribution in [3.63, 3.8) is 0 Å². The number of rotatable bonds is 13. The molecule has 2 aromatic carbocycles. The van der Waals surface area contributed by atoms with Gasteiger partial charge < -0.3 is 0 Å². The van der Waals surface area contributed by atoms with Gasteiger partial charge in [-0.1, -0.05) is 19.8 Å². The third-order valence-corrected chi connectivity index (χ3v) is 13.7. The van der Waals surface area contributed by atoms with Crippen LogP contribution in [-0.2, 0) is 20.0 Å². The van der Waals surface area contributed by atoms with Gasteiger partial charge in [0.2, 0.25) is 0 Å². The van der Waals surface area contributed by atoms with Gasteiger partial charge in [-0.3, -0.25) is 0 Å². The maximum absolute atomic E-state index is 13.0. The van der Waals surface area contributed by atoms with Gasteiger partial charge in [-0.2, -0.15) is 0 Å². The van der Waals surface area contributed by atoms with E-state index in [9.17, 15) is 43.2 Å². The van der Waals surface area contributed by atoms with Crippen molar-refractivity contribution in [2.75, 3.05) is 6.61 Å². The van der Waals surface area contributed by atoms with Crippen molar-refractivity contribution in [2.45, 2.75) is 56.5 Å². The number of alkyl halides is 6. The van der Waals surface area contributed by atoms with E-state index in [2.05, 4.69) is 6.92 Å². The molecule has 0 heterocycles.